The van der Waals surface area contributed by atoms with Gasteiger partial charge in [-0.2, -0.15) is 0 Å². The van der Waals surface area contributed by atoms with Crippen molar-refractivity contribution in [2.75, 3.05) is 5.75 Å². The lowest BCUT2D eigenvalue weighted by atomic mass is 10.1. The Morgan fingerprint density at radius 3 is 2.55 bits per heavy atom. The molecule has 0 unspecified atom stereocenters. The first-order valence-electron chi connectivity index (χ1n) is 6.69. The average molecular weight is 288 g/mol. The smallest absolute Gasteiger partial charge is 0.173 e. The normalized spacial score (nSPS) is 10.5. The first kappa shape index (κ1) is 14.8. The maximum absolute atomic E-state index is 13.0. The van der Waals surface area contributed by atoms with Gasteiger partial charge in [0.1, 0.15) is 5.82 Å². The number of ketones is 1. The Morgan fingerprint density at radius 1 is 1.15 bits per heavy atom. The molecular formula is C17H17FOS. The Bertz CT molecular complexity index is 578. The molecule has 0 aliphatic carbocycles. The van der Waals surface area contributed by atoms with Gasteiger partial charge in [-0.05, 0) is 30.2 Å². The zero-order chi connectivity index (χ0) is 14.4. The minimum absolute atomic E-state index is 0.0716. The van der Waals surface area contributed by atoms with Crippen LogP contribution in [0.4, 0.5) is 4.39 Å². The van der Waals surface area contributed by atoms with Gasteiger partial charge in [0.05, 0.1) is 5.75 Å². The number of thioether (sulfide) groups is 1. The molecule has 1 nitrogen and oxygen atoms in total. The molecule has 0 saturated heterocycles. The van der Waals surface area contributed by atoms with Gasteiger partial charge in [-0.1, -0.05) is 43.7 Å². The van der Waals surface area contributed by atoms with Crippen molar-refractivity contribution in [1.29, 1.82) is 0 Å². The zero-order valence-corrected chi connectivity index (χ0v) is 12.3. The van der Waals surface area contributed by atoms with Crippen LogP contribution in [0.1, 0.15) is 29.3 Å². The van der Waals surface area contributed by atoms with Crippen LogP contribution in [0.5, 0.6) is 0 Å². The molecule has 3 heteroatoms. The van der Waals surface area contributed by atoms with Crippen molar-refractivity contribution in [3.8, 4) is 0 Å². The number of halogens is 1. The Labute approximate surface area is 123 Å². The summed E-state index contributed by atoms with van der Waals surface area (Å²) in [5, 5.41) is 0. The summed E-state index contributed by atoms with van der Waals surface area (Å²) >= 11 is 1.36. The number of aryl methyl sites for hydroxylation is 1. The average Bonchev–Trinajstić information content (AvgIpc) is 2.46. The summed E-state index contributed by atoms with van der Waals surface area (Å²) < 4.78 is 13.0. The number of carbonyl (C=O) groups excluding carboxylic acids is 1. The summed E-state index contributed by atoms with van der Waals surface area (Å²) in [5.74, 6) is 0.130. The fourth-order valence-electron chi connectivity index (χ4n) is 1.93. The molecule has 0 aromatic heterocycles. The number of hydrogen-bond donors (Lipinski definition) is 0. The van der Waals surface area contributed by atoms with Crippen LogP contribution in [0.2, 0.25) is 0 Å². The standard InChI is InChI=1S/C17H17FOS/c1-2-4-13-7-9-14(10-8-13)17(19)12-20-16-6-3-5-15(18)11-16/h3,5-11H,2,4,12H2,1H3. The maximum atomic E-state index is 13.0. The van der Waals surface area contributed by atoms with Crippen LogP contribution in [0.3, 0.4) is 0 Å². The van der Waals surface area contributed by atoms with E-state index in [4.69, 9.17) is 0 Å². The van der Waals surface area contributed by atoms with E-state index in [1.165, 1.54) is 29.5 Å². The largest absolute Gasteiger partial charge is 0.293 e. The summed E-state index contributed by atoms with van der Waals surface area (Å²) in [5.41, 5.74) is 1.97. The second kappa shape index (κ2) is 7.25. The Morgan fingerprint density at radius 2 is 1.90 bits per heavy atom. The number of Topliss-reactive ketones (excluding diaryl/α,β-unsaturated/α-hetero) is 1. The van der Waals surface area contributed by atoms with Crippen LogP contribution in [0.25, 0.3) is 0 Å². The molecule has 20 heavy (non-hydrogen) atoms. The van der Waals surface area contributed by atoms with Crippen molar-refractivity contribution in [1.82, 2.24) is 0 Å². The Balaban J connectivity index is 1.94. The molecule has 104 valence electrons. The second-order valence-corrected chi connectivity index (χ2v) is 5.66. The predicted octanol–water partition coefficient (Wildman–Crippen LogP) is 4.75. The quantitative estimate of drug-likeness (QED) is 0.563. The number of hydrogen-bond acceptors (Lipinski definition) is 2. The zero-order valence-electron chi connectivity index (χ0n) is 11.4. The van der Waals surface area contributed by atoms with Gasteiger partial charge in [0.25, 0.3) is 0 Å². The van der Waals surface area contributed by atoms with E-state index in [0.717, 1.165) is 17.7 Å². The lowest BCUT2D eigenvalue weighted by Gasteiger charge is -2.03. The molecule has 0 bridgehead atoms. The number of carbonyl (C=O) groups is 1. The molecule has 0 heterocycles. The van der Waals surface area contributed by atoms with Gasteiger partial charge in [-0.15, -0.1) is 11.8 Å². The minimum Gasteiger partial charge on any atom is -0.293 e. The summed E-state index contributed by atoms with van der Waals surface area (Å²) in [6.45, 7) is 2.13. The highest BCUT2D eigenvalue weighted by atomic mass is 32.2. The summed E-state index contributed by atoms with van der Waals surface area (Å²) in [4.78, 5) is 12.8. The van der Waals surface area contributed by atoms with Crippen molar-refractivity contribution < 1.29 is 9.18 Å². The topological polar surface area (TPSA) is 17.1 Å². The molecule has 0 saturated carbocycles. The molecule has 0 N–H and O–H groups in total. The van der Waals surface area contributed by atoms with Crippen LogP contribution in [-0.4, -0.2) is 11.5 Å². The minimum atomic E-state index is -0.272. The van der Waals surface area contributed by atoms with Gasteiger partial charge in [-0.25, -0.2) is 4.39 Å². The van der Waals surface area contributed by atoms with Crippen LogP contribution >= 0.6 is 11.8 Å². The van der Waals surface area contributed by atoms with Crippen molar-refractivity contribution in [2.24, 2.45) is 0 Å². The summed E-state index contributed by atoms with van der Waals surface area (Å²) in [6, 6.07) is 14.1. The van der Waals surface area contributed by atoms with Gasteiger partial charge < -0.3 is 0 Å². The van der Waals surface area contributed by atoms with Crippen molar-refractivity contribution in [3.63, 3.8) is 0 Å². The molecule has 0 aliphatic heterocycles. The van der Waals surface area contributed by atoms with E-state index in [1.807, 2.05) is 30.3 Å². The molecule has 0 spiro atoms. The van der Waals surface area contributed by atoms with Gasteiger partial charge >= 0.3 is 0 Å². The first-order valence-corrected chi connectivity index (χ1v) is 7.68. The molecular weight excluding hydrogens is 271 g/mol. The molecule has 0 radical (unpaired) electrons. The van der Waals surface area contributed by atoms with Crippen LogP contribution < -0.4 is 0 Å². The second-order valence-electron chi connectivity index (χ2n) is 4.62. The van der Waals surface area contributed by atoms with Crippen LogP contribution in [-0.2, 0) is 6.42 Å². The first-order chi connectivity index (χ1) is 9.69. The predicted molar refractivity (Wildman–Crippen MR) is 81.9 cm³/mol. The fraction of sp³-hybridized carbons (Fsp3) is 0.235. The van der Waals surface area contributed by atoms with E-state index in [2.05, 4.69) is 6.92 Å². The molecule has 2 rings (SSSR count). The van der Waals surface area contributed by atoms with Gasteiger partial charge in [0, 0.05) is 10.5 Å². The van der Waals surface area contributed by atoms with Crippen molar-refractivity contribution in [2.45, 2.75) is 24.7 Å². The number of benzene rings is 2. The van der Waals surface area contributed by atoms with E-state index in [0.29, 0.717) is 11.3 Å². The highest BCUT2D eigenvalue weighted by molar-refractivity contribution is 8.00. The lowest BCUT2D eigenvalue weighted by molar-refractivity contribution is 0.102. The maximum Gasteiger partial charge on any atom is 0.173 e. The number of rotatable bonds is 6. The van der Waals surface area contributed by atoms with E-state index < -0.39 is 0 Å². The Hall–Kier alpha value is -1.61. The molecule has 2 aromatic carbocycles. The molecule has 2 aromatic rings. The third kappa shape index (κ3) is 4.20. The van der Waals surface area contributed by atoms with Crippen LogP contribution in [0.15, 0.2) is 53.4 Å². The van der Waals surface area contributed by atoms with E-state index in [1.54, 1.807) is 6.07 Å². The summed E-state index contributed by atoms with van der Waals surface area (Å²) in [7, 11) is 0. The molecule has 0 aliphatic rings. The fourth-order valence-corrected chi connectivity index (χ4v) is 2.77. The molecule has 0 amide bonds. The molecule has 0 fully saturated rings. The summed E-state index contributed by atoms with van der Waals surface area (Å²) in [6.07, 6.45) is 2.13. The molecule has 0 atom stereocenters. The van der Waals surface area contributed by atoms with Gasteiger partial charge in [0.15, 0.2) is 5.78 Å². The highest BCUT2D eigenvalue weighted by Crippen LogP contribution is 2.20. The SMILES string of the molecule is CCCc1ccc(C(=O)CSc2cccc(F)c2)cc1. The van der Waals surface area contributed by atoms with E-state index in [9.17, 15) is 9.18 Å². The lowest BCUT2D eigenvalue weighted by Crippen LogP contribution is -2.02. The van der Waals surface area contributed by atoms with E-state index >= 15 is 0 Å². The third-order valence-corrected chi connectivity index (χ3v) is 3.97. The van der Waals surface area contributed by atoms with Gasteiger partial charge in [-0.3, -0.25) is 4.79 Å². The van der Waals surface area contributed by atoms with Crippen molar-refractivity contribution in [3.05, 3.63) is 65.5 Å². The van der Waals surface area contributed by atoms with Crippen molar-refractivity contribution >= 4 is 17.5 Å². The van der Waals surface area contributed by atoms with E-state index in [-0.39, 0.29) is 11.6 Å². The van der Waals surface area contributed by atoms with Crippen LogP contribution in [0, 0.1) is 5.82 Å². The third-order valence-electron chi connectivity index (χ3n) is 2.98. The van der Waals surface area contributed by atoms with Gasteiger partial charge in [0.2, 0.25) is 0 Å². The Kier molecular flexibility index (Phi) is 5.36. The highest BCUT2D eigenvalue weighted by Gasteiger charge is 2.07. The monoisotopic (exact) mass is 288 g/mol.